The van der Waals surface area contributed by atoms with E-state index in [0.29, 0.717) is 16.3 Å². The number of esters is 1. The molecular formula is C13H10ClNO3. The van der Waals surface area contributed by atoms with Gasteiger partial charge >= 0.3 is 5.97 Å². The van der Waals surface area contributed by atoms with Crippen molar-refractivity contribution in [2.75, 3.05) is 6.61 Å². The van der Waals surface area contributed by atoms with E-state index < -0.39 is 0 Å². The zero-order valence-electron chi connectivity index (χ0n) is 9.40. The van der Waals surface area contributed by atoms with E-state index in [2.05, 4.69) is 5.32 Å². The minimum atomic E-state index is -0.366. The summed E-state index contributed by atoms with van der Waals surface area (Å²) < 4.78 is 4.97. The molecule has 92 valence electrons. The van der Waals surface area contributed by atoms with Crippen LogP contribution in [0.25, 0.3) is 0 Å². The number of carbonyl (C=O) groups is 2. The molecule has 18 heavy (non-hydrogen) atoms. The van der Waals surface area contributed by atoms with Crippen LogP contribution >= 0.6 is 11.6 Å². The van der Waals surface area contributed by atoms with Crippen molar-refractivity contribution in [2.45, 2.75) is 12.3 Å². The van der Waals surface area contributed by atoms with Gasteiger partial charge in [-0.25, -0.2) is 4.79 Å². The highest BCUT2D eigenvalue weighted by atomic mass is 35.5. The van der Waals surface area contributed by atoms with Crippen molar-refractivity contribution >= 4 is 23.5 Å². The number of rotatable bonds is 1. The Morgan fingerprint density at radius 1 is 1.28 bits per heavy atom. The average molecular weight is 264 g/mol. The average Bonchev–Trinajstić information content (AvgIpc) is 2.71. The van der Waals surface area contributed by atoms with Crippen molar-refractivity contribution in [2.24, 2.45) is 0 Å². The molecular weight excluding hydrogens is 254 g/mol. The summed E-state index contributed by atoms with van der Waals surface area (Å²) in [5, 5.41) is 3.24. The molecule has 2 aliphatic rings. The zero-order chi connectivity index (χ0) is 12.7. The van der Waals surface area contributed by atoms with E-state index in [1.54, 1.807) is 6.07 Å². The molecule has 2 aliphatic heterocycles. The molecule has 0 aliphatic carbocycles. The maximum absolute atomic E-state index is 11.7. The fraction of sp³-hybridized carbons (Fsp3) is 0.231. The van der Waals surface area contributed by atoms with Gasteiger partial charge in [0.1, 0.15) is 6.61 Å². The van der Waals surface area contributed by atoms with Crippen molar-refractivity contribution in [3.05, 3.63) is 46.1 Å². The lowest BCUT2D eigenvalue weighted by molar-refractivity contribution is -0.136. The first-order chi connectivity index (χ1) is 8.66. The first kappa shape index (κ1) is 11.3. The van der Waals surface area contributed by atoms with Crippen molar-refractivity contribution in [3.8, 4) is 0 Å². The summed E-state index contributed by atoms with van der Waals surface area (Å²) in [6, 6.07) is 7.25. The second-order valence-electron chi connectivity index (χ2n) is 4.29. The van der Waals surface area contributed by atoms with E-state index in [0.717, 1.165) is 5.56 Å². The van der Waals surface area contributed by atoms with E-state index in [4.69, 9.17) is 16.3 Å². The second kappa shape index (κ2) is 4.14. The molecule has 5 heteroatoms. The van der Waals surface area contributed by atoms with E-state index in [-0.39, 0.29) is 30.8 Å². The molecule has 0 saturated heterocycles. The molecule has 1 amide bonds. The van der Waals surface area contributed by atoms with Gasteiger partial charge in [-0.3, -0.25) is 4.79 Å². The molecule has 0 saturated carbocycles. The van der Waals surface area contributed by atoms with Crippen LogP contribution in [0, 0.1) is 0 Å². The summed E-state index contributed by atoms with van der Waals surface area (Å²) in [7, 11) is 0. The Labute approximate surface area is 109 Å². The Balaban J connectivity index is 2.10. The normalized spacial score (nSPS) is 22.6. The number of amides is 1. The van der Waals surface area contributed by atoms with Crippen LogP contribution in [0.15, 0.2) is 35.5 Å². The topological polar surface area (TPSA) is 55.4 Å². The molecule has 0 bridgehead atoms. The number of cyclic esters (lactones) is 1. The van der Waals surface area contributed by atoms with Gasteiger partial charge in [-0.05, 0) is 11.6 Å². The van der Waals surface area contributed by atoms with E-state index in [1.165, 1.54) is 0 Å². The number of hydrogen-bond acceptors (Lipinski definition) is 3. The third-order valence-corrected chi connectivity index (χ3v) is 3.55. The van der Waals surface area contributed by atoms with E-state index in [9.17, 15) is 9.59 Å². The molecule has 1 atom stereocenters. The number of nitrogens with one attached hydrogen (secondary N) is 1. The van der Waals surface area contributed by atoms with Gasteiger partial charge in [0.05, 0.1) is 11.3 Å². The smallest absolute Gasteiger partial charge is 0.336 e. The first-order valence-electron chi connectivity index (χ1n) is 5.61. The summed E-state index contributed by atoms with van der Waals surface area (Å²) in [5.74, 6) is -0.788. The fourth-order valence-corrected chi connectivity index (χ4v) is 2.67. The summed E-state index contributed by atoms with van der Waals surface area (Å²) in [4.78, 5) is 23.4. The van der Waals surface area contributed by atoms with E-state index >= 15 is 0 Å². The molecule has 1 N–H and O–H groups in total. The van der Waals surface area contributed by atoms with Gasteiger partial charge in [0.25, 0.3) is 0 Å². The molecule has 2 heterocycles. The standard InChI is InChI=1S/C13H10ClNO3/c14-9-4-2-1-3-7(9)8-5-11(16)15-10-6-18-13(17)12(8)10/h1-4,8H,5-6H2,(H,15,16)/t8-/m1/s1. The van der Waals surface area contributed by atoms with Gasteiger partial charge < -0.3 is 10.1 Å². The molecule has 3 rings (SSSR count). The minimum absolute atomic E-state index is 0.114. The zero-order valence-corrected chi connectivity index (χ0v) is 10.2. The van der Waals surface area contributed by atoms with Gasteiger partial charge in [-0.2, -0.15) is 0 Å². The maximum Gasteiger partial charge on any atom is 0.336 e. The highest BCUT2D eigenvalue weighted by Gasteiger charge is 2.38. The van der Waals surface area contributed by atoms with Crippen LogP contribution in [-0.2, 0) is 14.3 Å². The van der Waals surface area contributed by atoms with Crippen LogP contribution in [0.3, 0.4) is 0 Å². The van der Waals surface area contributed by atoms with Crippen LogP contribution < -0.4 is 5.32 Å². The lowest BCUT2D eigenvalue weighted by atomic mass is 9.85. The number of hydrogen-bond donors (Lipinski definition) is 1. The lowest BCUT2D eigenvalue weighted by Gasteiger charge is -2.23. The lowest BCUT2D eigenvalue weighted by Crippen LogP contribution is -2.32. The summed E-state index contributed by atoms with van der Waals surface area (Å²) in [5.41, 5.74) is 1.89. The SMILES string of the molecule is O=C1C[C@H](c2ccccc2Cl)C2=C(COC2=O)N1. The highest BCUT2D eigenvalue weighted by Crippen LogP contribution is 2.38. The molecule has 1 aromatic carbocycles. The largest absolute Gasteiger partial charge is 0.456 e. The Hall–Kier alpha value is -1.81. The molecule has 1 aromatic rings. The van der Waals surface area contributed by atoms with Gasteiger partial charge in [0.2, 0.25) is 5.91 Å². The third-order valence-electron chi connectivity index (χ3n) is 3.20. The fourth-order valence-electron chi connectivity index (χ4n) is 2.40. The Morgan fingerprint density at radius 3 is 2.83 bits per heavy atom. The predicted octanol–water partition coefficient (Wildman–Crippen LogP) is 1.75. The molecule has 0 fully saturated rings. The van der Waals surface area contributed by atoms with Gasteiger partial charge in [0.15, 0.2) is 0 Å². The Kier molecular flexibility index (Phi) is 2.59. The molecule has 0 aromatic heterocycles. The van der Waals surface area contributed by atoms with Crippen LogP contribution in [0.5, 0.6) is 0 Å². The quantitative estimate of drug-likeness (QED) is 0.786. The number of carbonyl (C=O) groups excluding carboxylic acids is 2. The van der Waals surface area contributed by atoms with Crippen molar-refractivity contribution < 1.29 is 14.3 Å². The van der Waals surface area contributed by atoms with Gasteiger partial charge in [0, 0.05) is 17.4 Å². The molecule has 0 unspecified atom stereocenters. The van der Waals surface area contributed by atoms with Crippen molar-refractivity contribution in [3.63, 3.8) is 0 Å². The molecule has 4 nitrogen and oxygen atoms in total. The summed E-state index contributed by atoms with van der Waals surface area (Å²) in [6.45, 7) is 0.140. The highest BCUT2D eigenvalue weighted by molar-refractivity contribution is 6.31. The monoisotopic (exact) mass is 263 g/mol. The van der Waals surface area contributed by atoms with Crippen LogP contribution in [-0.4, -0.2) is 18.5 Å². The Bertz CT molecular complexity index is 579. The summed E-state index contributed by atoms with van der Waals surface area (Å²) >= 11 is 6.14. The van der Waals surface area contributed by atoms with Crippen molar-refractivity contribution in [1.82, 2.24) is 5.32 Å². The van der Waals surface area contributed by atoms with Crippen LogP contribution in [0.1, 0.15) is 17.9 Å². The van der Waals surface area contributed by atoms with Crippen LogP contribution in [0.4, 0.5) is 0 Å². The predicted molar refractivity (Wildman–Crippen MR) is 64.9 cm³/mol. The maximum atomic E-state index is 11.7. The molecule has 0 spiro atoms. The first-order valence-corrected chi connectivity index (χ1v) is 5.99. The number of benzene rings is 1. The molecule has 0 radical (unpaired) electrons. The van der Waals surface area contributed by atoms with Gasteiger partial charge in [-0.15, -0.1) is 0 Å². The number of halogens is 1. The van der Waals surface area contributed by atoms with Crippen LogP contribution in [0.2, 0.25) is 5.02 Å². The second-order valence-corrected chi connectivity index (χ2v) is 4.70. The third kappa shape index (κ3) is 1.69. The number of ether oxygens (including phenoxy) is 1. The van der Waals surface area contributed by atoms with Gasteiger partial charge in [-0.1, -0.05) is 29.8 Å². The Morgan fingerprint density at radius 2 is 2.06 bits per heavy atom. The summed E-state index contributed by atoms with van der Waals surface area (Å²) in [6.07, 6.45) is 0.220. The minimum Gasteiger partial charge on any atom is -0.456 e. The van der Waals surface area contributed by atoms with Crippen molar-refractivity contribution in [1.29, 1.82) is 0 Å². The van der Waals surface area contributed by atoms with E-state index in [1.807, 2.05) is 18.2 Å².